The summed E-state index contributed by atoms with van der Waals surface area (Å²) < 4.78 is 3.82. The van der Waals surface area contributed by atoms with Gasteiger partial charge in [0.1, 0.15) is 10.1 Å². The second-order valence-electron chi connectivity index (χ2n) is 3.74. The zero-order chi connectivity index (χ0) is 11.9. The van der Waals surface area contributed by atoms with Gasteiger partial charge in [0, 0.05) is 5.92 Å². The highest BCUT2D eigenvalue weighted by Crippen LogP contribution is 2.64. The van der Waals surface area contributed by atoms with Crippen molar-refractivity contribution in [2.24, 2.45) is 5.92 Å². The summed E-state index contributed by atoms with van der Waals surface area (Å²) in [5.74, 6) is -1.33. The highest BCUT2D eigenvalue weighted by Gasteiger charge is 2.68. The molecule has 0 saturated heterocycles. The monoisotopic (exact) mass is 260 g/mol. The summed E-state index contributed by atoms with van der Waals surface area (Å²) in [7, 11) is 1.57. The number of carboxylic acid groups (broad SMARTS) is 1. The summed E-state index contributed by atoms with van der Waals surface area (Å²) in [6.07, 6.45) is 0. The van der Waals surface area contributed by atoms with Crippen molar-refractivity contribution < 1.29 is 14.6 Å². The molecule has 0 spiro atoms. The van der Waals surface area contributed by atoms with Crippen LogP contribution in [0.5, 0.6) is 5.75 Å². The van der Waals surface area contributed by atoms with Gasteiger partial charge in [0.15, 0.2) is 0 Å². The fourth-order valence-electron chi connectivity index (χ4n) is 1.86. The van der Waals surface area contributed by atoms with E-state index in [1.54, 1.807) is 31.4 Å². The fourth-order valence-corrected chi connectivity index (χ4v) is 2.68. The molecule has 1 saturated carbocycles. The molecule has 2 atom stereocenters. The van der Waals surface area contributed by atoms with Gasteiger partial charge >= 0.3 is 5.97 Å². The quantitative estimate of drug-likeness (QED) is 0.851. The number of hydrogen-bond donors (Lipinski definition) is 1. The lowest BCUT2D eigenvalue weighted by atomic mass is 10.1. The van der Waals surface area contributed by atoms with Crippen LogP contribution in [-0.2, 0) is 4.79 Å². The van der Waals surface area contributed by atoms with E-state index < -0.39 is 16.2 Å². The minimum Gasteiger partial charge on any atom is -0.497 e. The van der Waals surface area contributed by atoms with E-state index in [2.05, 4.69) is 0 Å². The molecule has 1 aliphatic rings. The number of ether oxygens (including phenoxy) is 1. The Labute approximate surface area is 103 Å². The third-order valence-corrected chi connectivity index (χ3v) is 3.73. The van der Waals surface area contributed by atoms with Crippen LogP contribution in [0.15, 0.2) is 24.3 Å². The van der Waals surface area contributed by atoms with Crippen LogP contribution in [-0.4, -0.2) is 22.5 Å². The summed E-state index contributed by atoms with van der Waals surface area (Å²) in [6, 6.07) is 7.09. The van der Waals surface area contributed by atoms with Crippen LogP contribution in [0.2, 0.25) is 0 Å². The molecule has 1 aliphatic carbocycles. The zero-order valence-corrected chi connectivity index (χ0v) is 10.00. The van der Waals surface area contributed by atoms with E-state index in [4.69, 9.17) is 33.0 Å². The maximum atomic E-state index is 10.9. The maximum absolute atomic E-state index is 10.9. The molecular weight excluding hydrogens is 251 g/mol. The molecule has 0 amide bonds. The molecule has 1 aromatic carbocycles. The van der Waals surface area contributed by atoms with E-state index in [0.29, 0.717) is 5.75 Å². The summed E-state index contributed by atoms with van der Waals surface area (Å²) >= 11 is 11.9. The summed E-state index contributed by atoms with van der Waals surface area (Å²) in [5, 5.41) is 8.93. The standard InChI is InChI=1S/C11H10Cl2O3/c1-16-7-4-2-6(3-5-7)8-9(10(14)15)11(8,12)13/h2-5,8-9H,1H3,(H,14,15)/t8-,9+/m1/s1. The minimum atomic E-state index is -1.19. The van der Waals surface area contributed by atoms with E-state index in [9.17, 15) is 4.79 Å². The molecule has 3 nitrogen and oxygen atoms in total. The van der Waals surface area contributed by atoms with Crippen LogP contribution in [0.1, 0.15) is 11.5 Å². The lowest BCUT2D eigenvalue weighted by molar-refractivity contribution is -0.138. The van der Waals surface area contributed by atoms with Crippen molar-refractivity contribution >= 4 is 29.2 Å². The predicted molar refractivity (Wildman–Crippen MR) is 61.3 cm³/mol. The van der Waals surface area contributed by atoms with Gasteiger partial charge in [-0.3, -0.25) is 4.79 Å². The Morgan fingerprint density at radius 2 is 1.94 bits per heavy atom. The topological polar surface area (TPSA) is 46.5 Å². The third-order valence-electron chi connectivity index (χ3n) is 2.79. The van der Waals surface area contributed by atoms with Gasteiger partial charge in [0.05, 0.1) is 13.0 Å². The number of halogens is 2. The van der Waals surface area contributed by atoms with Crippen LogP contribution < -0.4 is 4.74 Å². The lowest BCUT2D eigenvalue weighted by Gasteiger charge is -2.02. The van der Waals surface area contributed by atoms with E-state index in [1.165, 1.54) is 0 Å². The van der Waals surface area contributed by atoms with Crippen LogP contribution in [0.3, 0.4) is 0 Å². The predicted octanol–water partition coefficient (Wildman–Crippen LogP) is 2.67. The highest BCUT2D eigenvalue weighted by atomic mass is 35.5. The maximum Gasteiger partial charge on any atom is 0.310 e. The Morgan fingerprint density at radius 1 is 1.38 bits per heavy atom. The van der Waals surface area contributed by atoms with Crippen molar-refractivity contribution in [3.8, 4) is 5.75 Å². The molecule has 0 aromatic heterocycles. The SMILES string of the molecule is COc1ccc([C@@H]2[C@@H](C(=O)O)C2(Cl)Cl)cc1. The van der Waals surface area contributed by atoms with Gasteiger partial charge < -0.3 is 9.84 Å². The summed E-state index contributed by atoms with van der Waals surface area (Å²) in [6.45, 7) is 0. The van der Waals surface area contributed by atoms with E-state index >= 15 is 0 Å². The second kappa shape index (κ2) is 3.82. The molecule has 0 heterocycles. The van der Waals surface area contributed by atoms with Crippen LogP contribution >= 0.6 is 23.2 Å². The summed E-state index contributed by atoms with van der Waals surface area (Å²) in [5.41, 5.74) is 0.818. The molecule has 0 unspecified atom stereocenters. The largest absolute Gasteiger partial charge is 0.497 e. The van der Waals surface area contributed by atoms with Gasteiger partial charge in [-0.1, -0.05) is 35.3 Å². The van der Waals surface area contributed by atoms with Crippen LogP contribution in [0, 0.1) is 5.92 Å². The molecule has 0 bridgehead atoms. The molecule has 1 aromatic rings. The van der Waals surface area contributed by atoms with Gasteiger partial charge in [-0.2, -0.15) is 0 Å². The molecule has 1 fully saturated rings. The minimum absolute atomic E-state index is 0.348. The van der Waals surface area contributed by atoms with Crippen molar-refractivity contribution in [3.63, 3.8) is 0 Å². The number of benzene rings is 1. The van der Waals surface area contributed by atoms with Crippen molar-refractivity contribution in [2.45, 2.75) is 10.3 Å². The first-order valence-electron chi connectivity index (χ1n) is 4.73. The van der Waals surface area contributed by atoms with Gasteiger partial charge in [0.2, 0.25) is 0 Å². The normalized spacial score (nSPS) is 26.2. The van der Waals surface area contributed by atoms with Crippen molar-refractivity contribution in [1.29, 1.82) is 0 Å². The number of hydrogen-bond acceptors (Lipinski definition) is 2. The van der Waals surface area contributed by atoms with Crippen molar-refractivity contribution in [3.05, 3.63) is 29.8 Å². The lowest BCUT2D eigenvalue weighted by Crippen LogP contribution is -2.03. The Balaban J connectivity index is 2.23. The smallest absolute Gasteiger partial charge is 0.310 e. The molecule has 0 aliphatic heterocycles. The average Bonchev–Trinajstić information content (AvgIpc) is 2.82. The van der Waals surface area contributed by atoms with Crippen molar-refractivity contribution in [2.75, 3.05) is 7.11 Å². The molecular formula is C11H10Cl2O3. The average molecular weight is 261 g/mol. The number of aliphatic carboxylic acids is 1. The van der Waals surface area contributed by atoms with Gasteiger partial charge in [-0.25, -0.2) is 0 Å². The molecule has 1 N–H and O–H groups in total. The molecule has 2 rings (SSSR count). The summed E-state index contributed by atoms with van der Waals surface area (Å²) in [4.78, 5) is 10.9. The van der Waals surface area contributed by atoms with E-state index in [0.717, 1.165) is 5.56 Å². The van der Waals surface area contributed by atoms with Crippen LogP contribution in [0.25, 0.3) is 0 Å². The zero-order valence-electron chi connectivity index (χ0n) is 8.48. The number of alkyl halides is 2. The molecule has 5 heteroatoms. The first kappa shape index (κ1) is 11.6. The second-order valence-corrected chi connectivity index (χ2v) is 5.19. The first-order valence-corrected chi connectivity index (χ1v) is 5.48. The fraction of sp³-hybridized carbons (Fsp3) is 0.364. The van der Waals surface area contributed by atoms with Crippen LogP contribution in [0.4, 0.5) is 0 Å². The number of carboxylic acids is 1. The highest BCUT2D eigenvalue weighted by molar-refractivity contribution is 6.53. The Morgan fingerprint density at radius 3 is 2.31 bits per heavy atom. The Kier molecular flexibility index (Phi) is 2.76. The third kappa shape index (κ3) is 1.74. The van der Waals surface area contributed by atoms with Gasteiger partial charge in [-0.15, -0.1) is 0 Å². The number of methoxy groups -OCH3 is 1. The number of rotatable bonds is 3. The molecule has 0 radical (unpaired) electrons. The first-order chi connectivity index (χ1) is 7.48. The Bertz CT molecular complexity index is 414. The van der Waals surface area contributed by atoms with E-state index in [-0.39, 0.29) is 5.92 Å². The molecule has 16 heavy (non-hydrogen) atoms. The molecule has 86 valence electrons. The van der Waals surface area contributed by atoms with E-state index in [1.807, 2.05) is 0 Å². The number of carbonyl (C=O) groups is 1. The van der Waals surface area contributed by atoms with Gasteiger partial charge in [0.25, 0.3) is 0 Å². The van der Waals surface area contributed by atoms with Gasteiger partial charge in [-0.05, 0) is 17.7 Å². The Hall–Kier alpha value is -0.930. The van der Waals surface area contributed by atoms with Crippen molar-refractivity contribution in [1.82, 2.24) is 0 Å².